The Balaban J connectivity index is 2.58. The van der Waals surface area contributed by atoms with Crippen molar-refractivity contribution in [3.63, 3.8) is 0 Å². The largest absolute Gasteiger partial charge is 0.271 e. The quantitative estimate of drug-likeness (QED) is 0.665. The number of hydrazine groups is 1. The van der Waals surface area contributed by atoms with Crippen LogP contribution in [0.1, 0.15) is 33.9 Å². The van der Waals surface area contributed by atoms with Crippen LogP contribution in [0.2, 0.25) is 0 Å². The van der Waals surface area contributed by atoms with Gasteiger partial charge in [-0.3, -0.25) is 5.84 Å². The van der Waals surface area contributed by atoms with Crippen molar-refractivity contribution in [3.05, 3.63) is 69.8 Å². The Kier molecular flexibility index (Phi) is 4.16. The molecule has 0 radical (unpaired) electrons. The summed E-state index contributed by atoms with van der Waals surface area (Å²) in [7, 11) is 0. The zero-order valence-electron chi connectivity index (χ0n) is 11.8. The van der Waals surface area contributed by atoms with Crippen LogP contribution in [0.3, 0.4) is 0 Å². The SMILES string of the molecule is Cc1cc(C)c(C(NN)c2ccc(F)cc2F)c(C)c1. The highest BCUT2D eigenvalue weighted by atomic mass is 19.1. The second kappa shape index (κ2) is 5.69. The van der Waals surface area contributed by atoms with Gasteiger partial charge in [-0.15, -0.1) is 0 Å². The highest BCUT2D eigenvalue weighted by Crippen LogP contribution is 2.30. The monoisotopic (exact) mass is 276 g/mol. The smallest absolute Gasteiger partial charge is 0.131 e. The molecule has 0 aliphatic carbocycles. The molecular weight excluding hydrogens is 258 g/mol. The fraction of sp³-hybridized carbons (Fsp3) is 0.250. The van der Waals surface area contributed by atoms with Gasteiger partial charge in [-0.05, 0) is 43.5 Å². The van der Waals surface area contributed by atoms with Gasteiger partial charge >= 0.3 is 0 Å². The van der Waals surface area contributed by atoms with Crippen LogP contribution in [-0.4, -0.2) is 0 Å². The Hall–Kier alpha value is -1.78. The van der Waals surface area contributed by atoms with Crippen molar-refractivity contribution < 1.29 is 8.78 Å². The lowest BCUT2D eigenvalue weighted by molar-refractivity contribution is 0.540. The van der Waals surface area contributed by atoms with Crippen LogP contribution < -0.4 is 11.3 Å². The van der Waals surface area contributed by atoms with Crippen LogP contribution >= 0.6 is 0 Å². The molecule has 0 fully saturated rings. The Labute approximate surface area is 117 Å². The van der Waals surface area contributed by atoms with E-state index in [0.29, 0.717) is 5.56 Å². The molecule has 1 atom stereocenters. The summed E-state index contributed by atoms with van der Waals surface area (Å²) in [5, 5.41) is 0. The molecule has 2 rings (SSSR count). The minimum absolute atomic E-state index is 0.337. The maximum absolute atomic E-state index is 14.0. The molecule has 0 amide bonds. The van der Waals surface area contributed by atoms with Crippen molar-refractivity contribution in [2.75, 3.05) is 0 Å². The topological polar surface area (TPSA) is 38.0 Å². The zero-order valence-corrected chi connectivity index (χ0v) is 11.8. The number of aryl methyl sites for hydroxylation is 3. The molecule has 4 heteroatoms. The molecule has 0 aliphatic rings. The average molecular weight is 276 g/mol. The predicted molar refractivity (Wildman–Crippen MR) is 76.2 cm³/mol. The normalized spacial score (nSPS) is 12.5. The van der Waals surface area contributed by atoms with Gasteiger partial charge in [-0.1, -0.05) is 23.8 Å². The second-order valence-electron chi connectivity index (χ2n) is 5.08. The third-order valence-corrected chi connectivity index (χ3v) is 3.47. The Morgan fingerprint density at radius 2 is 1.60 bits per heavy atom. The molecular formula is C16H18F2N2. The lowest BCUT2D eigenvalue weighted by Crippen LogP contribution is -2.30. The Bertz CT molecular complexity index is 615. The molecule has 106 valence electrons. The molecule has 0 bridgehead atoms. The number of nitrogens with two attached hydrogens (primary N) is 1. The molecule has 2 nitrogen and oxygen atoms in total. The van der Waals surface area contributed by atoms with Crippen molar-refractivity contribution in [2.45, 2.75) is 26.8 Å². The predicted octanol–water partition coefficient (Wildman–Crippen LogP) is 3.44. The van der Waals surface area contributed by atoms with Crippen LogP contribution in [0.5, 0.6) is 0 Å². The molecule has 0 spiro atoms. The third-order valence-electron chi connectivity index (χ3n) is 3.47. The summed E-state index contributed by atoms with van der Waals surface area (Å²) in [4.78, 5) is 0. The number of rotatable bonds is 3. The average Bonchev–Trinajstić information content (AvgIpc) is 2.34. The van der Waals surface area contributed by atoms with Gasteiger partial charge in [-0.2, -0.15) is 0 Å². The van der Waals surface area contributed by atoms with Crippen molar-refractivity contribution in [2.24, 2.45) is 5.84 Å². The van der Waals surface area contributed by atoms with E-state index in [4.69, 9.17) is 5.84 Å². The lowest BCUT2D eigenvalue weighted by atomic mass is 9.90. The summed E-state index contributed by atoms with van der Waals surface area (Å²) in [5.74, 6) is 4.41. The van der Waals surface area contributed by atoms with E-state index in [1.807, 2.05) is 32.9 Å². The van der Waals surface area contributed by atoms with E-state index in [2.05, 4.69) is 5.43 Å². The van der Waals surface area contributed by atoms with Crippen LogP contribution in [0, 0.1) is 32.4 Å². The number of nitrogens with one attached hydrogen (secondary N) is 1. The summed E-state index contributed by atoms with van der Waals surface area (Å²) in [6.07, 6.45) is 0. The van der Waals surface area contributed by atoms with Crippen LogP contribution in [-0.2, 0) is 0 Å². The molecule has 0 saturated carbocycles. The summed E-state index contributed by atoms with van der Waals surface area (Å²) in [5.41, 5.74) is 7.07. The number of benzene rings is 2. The van der Waals surface area contributed by atoms with Crippen molar-refractivity contribution >= 4 is 0 Å². The first-order chi connectivity index (χ1) is 9.43. The van der Waals surface area contributed by atoms with Gasteiger partial charge in [0, 0.05) is 11.6 Å². The van der Waals surface area contributed by atoms with Gasteiger partial charge < -0.3 is 0 Å². The van der Waals surface area contributed by atoms with Gasteiger partial charge in [0.05, 0.1) is 6.04 Å². The maximum atomic E-state index is 14.0. The van der Waals surface area contributed by atoms with E-state index in [-0.39, 0.29) is 0 Å². The third kappa shape index (κ3) is 2.71. The summed E-state index contributed by atoms with van der Waals surface area (Å²) in [6.45, 7) is 5.93. The number of hydrogen-bond donors (Lipinski definition) is 2. The number of hydrogen-bond acceptors (Lipinski definition) is 2. The van der Waals surface area contributed by atoms with Crippen LogP contribution in [0.25, 0.3) is 0 Å². The van der Waals surface area contributed by atoms with Crippen LogP contribution in [0.4, 0.5) is 8.78 Å². The van der Waals surface area contributed by atoms with Crippen LogP contribution in [0.15, 0.2) is 30.3 Å². The summed E-state index contributed by atoms with van der Waals surface area (Å²) < 4.78 is 27.0. The molecule has 1 unspecified atom stereocenters. The first kappa shape index (κ1) is 14.6. The van der Waals surface area contributed by atoms with Gasteiger partial charge in [0.1, 0.15) is 11.6 Å². The lowest BCUT2D eigenvalue weighted by Gasteiger charge is -2.22. The standard InChI is InChI=1S/C16H18F2N2/c1-9-6-10(2)15(11(3)7-9)16(20-19)13-5-4-12(17)8-14(13)18/h4-8,16,20H,19H2,1-3H3. The Morgan fingerprint density at radius 3 is 2.10 bits per heavy atom. The molecule has 0 aliphatic heterocycles. The minimum atomic E-state index is -0.604. The molecule has 0 saturated heterocycles. The fourth-order valence-corrected chi connectivity index (χ4v) is 2.71. The van der Waals surface area contributed by atoms with Crippen molar-refractivity contribution in [3.8, 4) is 0 Å². The molecule has 3 N–H and O–H groups in total. The van der Waals surface area contributed by atoms with Gasteiger partial charge in [0.15, 0.2) is 0 Å². The maximum Gasteiger partial charge on any atom is 0.131 e. The van der Waals surface area contributed by atoms with E-state index in [9.17, 15) is 8.78 Å². The molecule has 0 aromatic heterocycles. The van der Waals surface area contributed by atoms with E-state index < -0.39 is 17.7 Å². The van der Waals surface area contributed by atoms with Gasteiger partial charge in [-0.25, -0.2) is 14.2 Å². The molecule has 2 aromatic carbocycles. The summed E-state index contributed by atoms with van der Waals surface area (Å²) in [6, 6.07) is 7.08. The molecule has 20 heavy (non-hydrogen) atoms. The number of halogens is 2. The van der Waals surface area contributed by atoms with Crippen molar-refractivity contribution in [1.29, 1.82) is 0 Å². The second-order valence-corrected chi connectivity index (χ2v) is 5.08. The van der Waals surface area contributed by atoms with E-state index in [1.165, 1.54) is 12.1 Å². The van der Waals surface area contributed by atoms with E-state index >= 15 is 0 Å². The summed E-state index contributed by atoms with van der Waals surface area (Å²) >= 11 is 0. The Morgan fingerprint density at radius 1 is 1.00 bits per heavy atom. The molecule has 0 heterocycles. The van der Waals surface area contributed by atoms with Crippen molar-refractivity contribution in [1.82, 2.24) is 5.43 Å². The first-order valence-corrected chi connectivity index (χ1v) is 6.43. The van der Waals surface area contributed by atoms with Gasteiger partial charge in [0.2, 0.25) is 0 Å². The van der Waals surface area contributed by atoms with Gasteiger partial charge in [0.25, 0.3) is 0 Å². The van der Waals surface area contributed by atoms with E-state index in [0.717, 1.165) is 28.3 Å². The zero-order chi connectivity index (χ0) is 14.9. The highest BCUT2D eigenvalue weighted by molar-refractivity contribution is 5.44. The fourth-order valence-electron chi connectivity index (χ4n) is 2.71. The minimum Gasteiger partial charge on any atom is -0.271 e. The van der Waals surface area contributed by atoms with E-state index in [1.54, 1.807) is 0 Å². The first-order valence-electron chi connectivity index (χ1n) is 6.43. The highest BCUT2D eigenvalue weighted by Gasteiger charge is 2.20. The molecule has 2 aromatic rings.